The Morgan fingerprint density at radius 1 is 1.32 bits per heavy atom. The van der Waals surface area contributed by atoms with Crippen LogP contribution in [0, 0.1) is 0 Å². The Hall–Kier alpha value is -1.26. The summed E-state index contributed by atoms with van der Waals surface area (Å²) in [6.45, 7) is 8.01. The minimum absolute atomic E-state index is 0.405. The maximum atomic E-state index is 6.09. The molecule has 0 amide bonds. The summed E-state index contributed by atoms with van der Waals surface area (Å²) in [4.78, 5) is 7.08. The molecule has 0 unspecified atom stereocenters. The molecule has 0 aliphatic carbocycles. The third-order valence-corrected chi connectivity index (χ3v) is 3.70. The number of nitrogens with one attached hydrogen (secondary N) is 1. The third kappa shape index (κ3) is 2.42. The highest BCUT2D eigenvalue weighted by Gasteiger charge is 2.36. The summed E-state index contributed by atoms with van der Waals surface area (Å²) in [7, 11) is 0. The number of rotatable bonds is 0. The van der Waals surface area contributed by atoms with E-state index in [-0.39, 0.29) is 0 Å². The van der Waals surface area contributed by atoms with Gasteiger partial charge in [-0.05, 0) is 32.0 Å². The van der Waals surface area contributed by atoms with Crippen molar-refractivity contribution in [2.45, 2.75) is 19.4 Å². The molecule has 0 bridgehead atoms. The lowest BCUT2D eigenvalue weighted by Crippen LogP contribution is -2.55. The van der Waals surface area contributed by atoms with Gasteiger partial charge in [0.2, 0.25) is 0 Å². The number of hydrogen-bond donors (Lipinski definition) is 1. The van der Waals surface area contributed by atoms with Crippen molar-refractivity contribution in [1.82, 2.24) is 10.2 Å². The molecule has 2 aliphatic rings. The number of fused-ring (bicyclic) bond motifs is 1. The van der Waals surface area contributed by atoms with E-state index in [1.54, 1.807) is 0 Å². The fraction of sp³-hybridized carbons (Fsp3) is 0.500. The van der Waals surface area contributed by atoms with Gasteiger partial charge in [0.15, 0.2) is 5.60 Å². The summed E-state index contributed by atoms with van der Waals surface area (Å²) in [6, 6.07) is 5.58. The number of hydrogen-bond acceptors (Lipinski definition) is 4. The molecule has 0 atom stereocenters. The molecule has 4 nitrogen and oxygen atoms in total. The van der Waals surface area contributed by atoms with Crippen LogP contribution in [-0.4, -0.2) is 42.5 Å². The molecule has 1 saturated heterocycles. The van der Waals surface area contributed by atoms with Crippen molar-refractivity contribution < 1.29 is 4.74 Å². The van der Waals surface area contributed by atoms with Crippen LogP contribution in [0.25, 0.3) is 0 Å². The van der Waals surface area contributed by atoms with E-state index in [1.807, 2.05) is 18.2 Å². The van der Waals surface area contributed by atoms with Gasteiger partial charge in [0.25, 0.3) is 0 Å². The van der Waals surface area contributed by atoms with Gasteiger partial charge in [0.1, 0.15) is 17.3 Å². The highest BCUT2D eigenvalue weighted by Crippen LogP contribution is 2.38. The maximum Gasteiger partial charge on any atom is 0.160 e. The second-order valence-corrected chi connectivity index (χ2v) is 5.83. The van der Waals surface area contributed by atoms with E-state index < -0.39 is 5.60 Å². The van der Waals surface area contributed by atoms with Crippen LogP contribution < -0.4 is 10.1 Å². The maximum absolute atomic E-state index is 6.09. The van der Waals surface area contributed by atoms with Gasteiger partial charge >= 0.3 is 0 Å². The second kappa shape index (κ2) is 4.69. The van der Waals surface area contributed by atoms with Crippen LogP contribution in [0.4, 0.5) is 5.69 Å². The highest BCUT2D eigenvalue weighted by molar-refractivity contribution is 6.31. The molecule has 102 valence electrons. The predicted octanol–water partition coefficient (Wildman–Crippen LogP) is 2.45. The zero-order valence-electron chi connectivity index (χ0n) is 11.2. The molecule has 0 radical (unpaired) electrons. The summed E-state index contributed by atoms with van der Waals surface area (Å²) >= 11 is 6.03. The molecule has 2 aliphatic heterocycles. The molecule has 1 fully saturated rings. The van der Waals surface area contributed by atoms with Crippen molar-refractivity contribution in [3.05, 3.63) is 23.2 Å². The van der Waals surface area contributed by atoms with Crippen LogP contribution in [0.5, 0.6) is 5.75 Å². The summed E-state index contributed by atoms with van der Waals surface area (Å²) in [5.41, 5.74) is 0.415. The van der Waals surface area contributed by atoms with Gasteiger partial charge in [-0.3, -0.25) is 0 Å². The van der Waals surface area contributed by atoms with E-state index in [0.717, 1.165) is 43.5 Å². The number of benzene rings is 1. The van der Waals surface area contributed by atoms with Gasteiger partial charge in [-0.1, -0.05) is 11.6 Å². The zero-order chi connectivity index (χ0) is 13.5. The van der Waals surface area contributed by atoms with Gasteiger partial charge < -0.3 is 15.0 Å². The monoisotopic (exact) mass is 279 g/mol. The lowest BCUT2D eigenvalue weighted by atomic mass is 10.0. The Kier molecular flexibility index (Phi) is 3.15. The molecular formula is C14H18ClN3O. The summed E-state index contributed by atoms with van der Waals surface area (Å²) < 4.78 is 6.09. The Morgan fingerprint density at radius 2 is 2.05 bits per heavy atom. The van der Waals surface area contributed by atoms with E-state index in [2.05, 4.69) is 24.1 Å². The van der Waals surface area contributed by atoms with Crippen molar-refractivity contribution >= 4 is 23.1 Å². The average Bonchev–Trinajstić information content (AvgIpc) is 2.39. The van der Waals surface area contributed by atoms with Crippen LogP contribution in [-0.2, 0) is 0 Å². The third-order valence-electron chi connectivity index (χ3n) is 3.47. The molecular weight excluding hydrogens is 262 g/mol. The number of nitrogens with zero attached hydrogens (tertiary/aromatic N) is 2. The van der Waals surface area contributed by atoms with E-state index >= 15 is 0 Å². The zero-order valence-corrected chi connectivity index (χ0v) is 12.0. The van der Waals surface area contributed by atoms with Gasteiger partial charge in [0, 0.05) is 31.2 Å². The van der Waals surface area contributed by atoms with Crippen LogP contribution in [0.1, 0.15) is 13.8 Å². The lowest BCUT2D eigenvalue weighted by Gasteiger charge is -2.40. The van der Waals surface area contributed by atoms with Gasteiger partial charge in [-0.25, -0.2) is 4.99 Å². The molecule has 1 aromatic carbocycles. The largest absolute Gasteiger partial charge is 0.478 e. The van der Waals surface area contributed by atoms with E-state index in [9.17, 15) is 0 Å². The molecule has 3 rings (SSSR count). The first kappa shape index (κ1) is 12.8. The molecule has 0 saturated carbocycles. The van der Waals surface area contributed by atoms with Gasteiger partial charge in [-0.15, -0.1) is 0 Å². The first-order valence-corrected chi connectivity index (χ1v) is 6.97. The van der Waals surface area contributed by atoms with Crippen LogP contribution in [0.2, 0.25) is 5.02 Å². The molecule has 5 heteroatoms. The molecule has 1 aromatic rings. The minimum Gasteiger partial charge on any atom is -0.478 e. The van der Waals surface area contributed by atoms with E-state index in [0.29, 0.717) is 5.02 Å². The number of piperazine rings is 1. The fourth-order valence-corrected chi connectivity index (χ4v) is 2.73. The van der Waals surface area contributed by atoms with Crippen molar-refractivity contribution in [3.8, 4) is 5.75 Å². The van der Waals surface area contributed by atoms with Crippen molar-refractivity contribution in [2.24, 2.45) is 4.99 Å². The molecule has 2 heterocycles. The average molecular weight is 280 g/mol. The van der Waals surface area contributed by atoms with Crippen molar-refractivity contribution in [1.29, 1.82) is 0 Å². The molecule has 0 spiro atoms. The highest BCUT2D eigenvalue weighted by atomic mass is 35.5. The number of aliphatic imine (C=N–C) groups is 1. The quantitative estimate of drug-likeness (QED) is 0.793. The lowest BCUT2D eigenvalue weighted by molar-refractivity contribution is 0.155. The predicted molar refractivity (Wildman–Crippen MR) is 77.7 cm³/mol. The normalized spacial score (nSPS) is 21.4. The van der Waals surface area contributed by atoms with E-state index in [1.165, 1.54) is 0 Å². The number of amidine groups is 1. The Balaban J connectivity index is 2.00. The van der Waals surface area contributed by atoms with Gasteiger partial charge in [-0.2, -0.15) is 0 Å². The fourth-order valence-electron chi connectivity index (χ4n) is 2.56. The van der Waals surface area contributed by atoms with Crippen LogP contribution in [0.15, 0.2) is 23.2 Å². The summed E-state index contributed by atoms with van der Waals surface area (Å²) in [5.74, 6) is 1.79. The standard InChI is InChI=1S/C14H18ClN3O/c1-14(2)13(18-7-5-16-6-8-18)17-11-9-10(15)3-4-12(11)19-14/h3-4,9,16H,5-8H2,1-2H3. The SMILES string of the molecule is CC1(C)Oc2ccc(Cl)cc2N=C1N1CCNCC1. The minimum atomic E-state index is -0.405. The number of halogens is 1. The summed E-state index contributed by atoms with van der Waals surface area (Å²) in [6.07, 6.45) is 0. The van der Waals surface area contributed by atoms with Crippen LogP contribution in [0.3, 0.4) is 0 Å². The molecule has 19 heavy (non-hydrogen) atoms. The molecule has 0 aromatic heterocycles. The van der Waals surface area contributed by atoms with E-state index in [4.69, 9.17) is 21.3 Å². The Bertz CT molecular complexity index is 521. The molecule has 1 N–H and O–H groups in total. The van der Waals surface area contributed by atoms with Gasteiger partial charge in [0.05, 0.1) is 0 Å². The first-order chi connectivity index (χ1) is 9.06. The van der Waals surface area contributed by atoms with Crippen molar-refractivity contribution in [3.63, 3.8) is 0 Å². The summed E-state index contributed by atoms with van der Waals surface area (Å²) in [5, 5.41) is 4.04. The number of ether oxygens (including phenoxy) is 1. The topological polar surface area (TPSA) is 36.9 Å². The smallest absolute Gasteiger partial charge is 0.160 e. The Labute approximate surface area is 118 Å². The first-order valence-electron chi connectivity index (χ1n) is 6.60. The van der Waals surface area contributed by atoms with Crippen molar-refractivity contribution in [2.75, 3.05) is 26.2 Å². The Morgan fingerprint density at radius 3 is 2.79 bits per heavy atom. The second-order valence-electron chi connectivity index (χ2n) is 5.40. The van der Waals surface area contributed by atoms with Crippen LogP contribution >= 0.6 is 11.6 Å².